The Morgan fingerprint density at radius 1 is 1.17 bits per heavy atom. The van der Waals surface area contributed by atoms with Gasteiger partial charge in [-0.25, -0.2) is 9.97 Å². The van der Waals surface area contributed by atoms with E-state index in [0.29, 0.717) is 27.7 Å². The number of para-hydroxylation sites is 1. The highest BCUT2D eigenvalue weighted by atomic mass is 32.1. The topological polar surface area (TPSA) is 68.0 Å². The summed E-state index contributed by atoms with van der Waals surface area (Å²) in [5.41, 5.74) is 3.55. The van der Waals surface area contributed by atoms with Crippen LogP contribution in [0.3, 0.4) is 0 Å². The minimum absolute atomic E-state index is 0.261. The van der Waals surface area contributed by atoms with E-state index in [0.717, 1.165) is 11.1 Å². The average Bonchev–Trinajstić information content (AvgIpc) is 3.23. The molecule has 0 fully saturated rings. The fourth-order valence-corrected chi connectivity index (χ4v) is 3.03. The predicted molar refractivity (Wildman–Crippen MR) is 94.2 cm³/mol. The zero-order valence-electron chi connectivity index (χ0n) is 12.8. The first-order valence-corrected chi connectivity index (χ1v) is 8.27. The SMILES string of the molecule is Cc1ccccc1-c1nc2cccc(C(=O)Nc3nccs3)c2o1. The fraction of sp³-hybridized carbons (Fsp3) is 0.0556. The molecule has 4 aromatic rings. The minimum atomic E-state index is -0.261. The van der Waals surface area contributed by atoms with Crippen LogP contribution in [-0.2, 0) is 0 Å². The molecule has 2 aromatic heterocycles. The molecule has 0 aliphatic rings. The molecule has 0 radical (unpaired) electrons. The number of nitrogens with one attached hydrogen (secondary N) is 1. The molecule has 0 atom stereocenters. The lowest BCUT2D eigenvalue weighted by Gasteiger charge is -2.02. The zero-order valence-corrected chi connectivity index (χ0v) is 13.6. The molecule has 0 aliphatic carbocycles. The quantitative estimate of drug-likeness (QED) is 0.598. The summed E-state index contributed by atoms with van der Waals surface area (Å²) in [6.07, 6.45) is 1.64. The number of amides is 1. The van der Waals surface area contributed by atoms with E-state index >= 15 is 0 Å². The Kier molecular flexibility index (Phi) is 3.59. The Bertz CT molecular complexity index is 1020. The third-order valence-corrected chi connectivity index (χ3v) is 4.38. The fourth-order valence-electron chi connectivity index (χ4n) is 2.51. The van der Waals surface area contributed by atoms with Gasteiger partial charge >= 0.3 is 0 Å². The van der Waals surface area contributed by atoms with Crippen molar-refractivity contribution in [3.05, 3.63) is 65.2 Å². The van der Waals surface area contributed by atoms with Crippen LogP contribution in [0.2, 0.25) is 0 Å². The third-order valence-electron chi connectivity index (χ3n) is 3.69. The van der Waals surface area contributed by atoms with Crippen molar-refractivity contribution in [3.8, 4) is 11.5 Å². The van der Waals surface area contributed by atoms with Crippen LogP contribution in [0.4, 0.5) is 5.13 Å². The van der Waals surface area contributed by atoms with Gasteiger partial charge < -0.3 is 4.42 Å². The maximum atomic E-state index is 12.5. The Hall–Kier alpha value is -2.99. The van der Waals surface area contributed by atoms with Crippen molar-refractivity contribution < 1.29 is 9.21 Å². The van der Waals surface area contributed by atoms with Crippen molar-refractivity contribution in [1.29, 1.82) is 0 Å². The number of anilines is 1. The maximum absolute atomic E-state index is 12.5. The van der Waals surface area contributed by atoms with E-state index in [9.17, 15) is 4.79 Å². The Morgan fingerprint density at radius 2 is 2.04 bits per heavy atom. The molecular formula is C18H13N3O2S. The first kappa shape index (κ1) is 14.6. The Morgan fingerprint density at radius 3 is 2.83 bits per heavy atom. The molecule has 2 aromatic carbocycles. The highest BCUT2D eigenvalue weighted by molar-refractivity contribution is 7.13. The van der Waals surface area contributed by atoms with E-state index in [1.807, 2.05) is 37.3 Å². The molecule has 0 saturated heterocycles. The number of carbonyl (C=O) groups is 1. The smallest absolute Gasteiger partial charge is 0.261 e. The lowest BCUT2D eigenvalue weighted by atomic mass is 10.1. The maximum Gasteiger partial charge on any atom is 0.261 e. The van der Waals surface area contributed by atoms with Crippen LogP contribution in [0.1, 0.15) is 15.9 Å². The lowest BCUT2D eigenvalue weighted by Crippen LogP contribution is -2.11. The predicted octanol–water partition coefficient (Wildman–Crippen LogP) is 4.51. The highest BCUT2D eigenvalue weighted by Crippen LogP contribution is 2.29. The number of nitrogens with zero attached hydrogens (tertiary/aromatic N) is 2. The van der Waals surface area contributed by atoms with Gasteiger partial charge in [-0.15, -0.1) is 11.3 Å². The van der Waals surface area contributed by atoms with Gasteiger partial charge in [-0.1, -0.05) is 24.3 Å². The molecule has 0 saturated carbocycles. The van der Waals surface area contributed by atoms with E-state index in [1.165, 1.54) is 11.3 Å². The van der Waals surface area contributed by atoms with Gasteiger partial charge in [-0.2, -0.15) is 0 Å². The zero-order chi connectivity index (χ0) is 16.5. The van der Waals surface area contributed by atoms with Gasteiger partial charge in [0.05, 0.1) is 5.56 Å². The van der Waals surface area contributed by atoms with Crippen molar-refractivity contribution in [1.82, 2.24) is 9.97 Å². The van der Waals surface area contributed by atoms with Crippen LogP contribution in [0.5, 0.6) is 0 Å². The number of hydrogen-bond donors (Lipinski definition) is 1. The average molecular weight is 335 g/mol. The number of carbonyl (C=O) groups excluding carboxylic acids is 1. The standard InChI is InChI=1S/C18H13N3O2S/c1-11-5-2-3-6-12(11)17-20-14-8-4-7-13(15(14)23-17)16(22)21-18-19-9-10-24-18/h2-10H,1H3,(H,19,21,22). The van der Waals surface area contributed by atoms with Crippen LogP contribution in [0.15, 0.2) is 58.5 Å². The number of thiazole rings is 1. The molecule has 4 rings (SSSR count). The Labute approximate surface area is 142 Å². The van der Waals surface area contributed by atoms with Crippen molar-refractivity contribution in [3.63, 3.8) is 0 Å². The summed E-state index contributed by atoms with van der Waals surface area (Å²) in [7, 11) is 0. The van der Waals surface area contributed by atoms with E-state index in [1.54, 1.807) is 23.7 Å². The summed E-state index contributed by atoms with van der Waals surface area (Å²) in [6, 6.07) is 13.2. The molecule has 24 heavy (non-hydrogen) atoms. The monoisotopic (exact) mass is 335 g/mol. The summed E-state index contributed by atoms with van der Waals surface area (Å²) in [5.74, 6) is 0.251. The number of benzene rings is 2. The molecule has 0 unspecified atom stereocenters. The van der Waals surface area contributed by atoms with Crippen LogP contribution in [0.25, 0.3) is 22.6 Å². The van der Waals surface area contributed by atoms with Gasteiger partial charge in [-0.3, -0.25) is 10.1 Å². The number of hydrogen-bond acceptors (Lipinski definition) is 5. The molecule has 2 heterocycles. The van der Waals surface area contributed by atoms with E-state index in [2.05, 4.69) is 15.3 Å². The van der Waals surface area contributed by atoms with Gasteiger partial charge in [0, 0.05) is 17.1 Å². The summed E-state index contributed by atoms with van der Waals surface area (Å²) < 4.78 is 5.92. The van der Waals surface area contributed by atoms with Gasteiger partial charge in [0.15, 0.2) is 10.7 Å². The number of rotatable bonds is 3. The van der Waals surface area contributed by atoms with Crippen LogP contribution in [0, 0.1) is 6.92 Å². The minimum Gasteiger partial charge on any atom is -0.435 e. The molecule has 5 nitrogen and oxygen atoms in total. The molecule has 118 valence electrons. The number of aromatic nitrogens is 2. The normalized spacial score (nSPS) is 10.9. The van der Waals surface area contributed by atoms with Gasteiger partial charge in [0.2, 0.25) is 5.89 Å². The molecule has 0 spiro atoms. The van der Waals surface area contributed by atoms with Gasteiger partial charge in [0.1, 0.15) is 5.52 Å². The van der Waals surface area contributed by atoms with Gasteiger partial charge in [-0.05, 0) is 30.7 Å². The first-order chi connectivity index (χ1) is 11.7. The highest BCUT2D eigenvalue weighted by Gasteiger charge is 2.17. The first-order valence-electron chi connectivity index (χ1n) is 7.39. The summed E-state index contributed by atoms with van der Waals surface area (Å²) in [4.78, 5) is 21.1. The molecule has 0 bridgehead atoms. The van der Waals surface area contributed by atoms with E-state index in [-0.39, 0.29) is 5.91 Å². The molecule has 6 heteroatoms. The van der Waals surface area contributed by atoms with Crippen molar-refractivity contribution in [2.24, 2.45) is 0 Å². The molecule has 1 amide bonds. The van der Waals surface area contributed by atoms with Crippen molar-refractivity contribution >= 4 is 33.5 Å². The summed E-state index contributed by atoms with van der Waals surface area (Å²) in [5, 5.41) is 5.13. The van der Waals surface area contributed by atoms with Crippen molar-refractivity contribution in [2.45, 2.75) is 6.92 Å². The molecular weight excluding hydrogens is 322 g/mol. The number of oxazole rings is 1. The second-order valence-corrected chi connectivity index (χ2v) is 6.17. The molecule has 0 aliphatic heterocycles. The Balaban J connectivity index is 1.78. The van der Waals surface area contributed by atoms with Crippen molar-refractivity contribution in [2.75, 3.05) is 5.32 Å². The second-order valence-electron chi connectivity index (χ2n) is 5.28. The number of aryl methyl sites for hydroxylation is 1. The molecule has 1 N–H and O–H groups in total. The summed E-state index contributed by atoms with van der Waals surface area (Å²) >= 11 is 1.37. The van der Waals surface area contributed by atoms with Gasteiger partial charge in [0.25, 0.3) is 5.91 Å². The van der Waals surface area contributed by atoms with Crippen LogP contribution < -0.4 is 5.32 Å². The largest absolute Gasteiger partial charge is 0.435 e. The number of fused-ring (bicyclic) bond motifs is 1. The van der Waals surface area contributed by atoms with Crippen LogP contribution in [-0.4, -0.2) is 15.9 Å². The third kappa shape index (κ3) is 2.57. The summed E-state index contributed by atoms with van der Waals surface area (Å²) in [6.45, 7) is 2.00. The second kappa shape index (κ2) is 5.90. The van der Waals surface area contributed by atoms with E-state index < -0.39 is 0 Å². The lowest BCUT2D eigenvalue weighted by molar-refractivity contribution is 0.102. The van der Waals surface area contributed by atoms with E-state index in [4.69, 9.17) is 4.42 Å². The van der Waals surface area contributed by atoms with Crippen LogP contribution >= 0.6 is 11.3 Å².